The molecule has 0 spiro atoms. The number of hydrogen-bond donors (Lipinski definition) is 1. The lowest BCUT2D eigenvalue weighted by Gasteiger charge is -2.00. The van der Waals surface area contributed by atoms with E-state index in [1.54, 1.807) is 12.1 Å². The highest BCUT2D eigenvalue weighted by Gasteiger charge is 2.10. The largest absolute Gasteiger partial charge is 0.356 e. The van der Waals surface area contributed by atoms with Gasteiger partial charge in [0.1, 0.15) is 5.82 Å². The van der Waals surface area contributed by atoms with Crippen molar-refractivity contribution >= 4 is 5.91 Å². The molecule has 0 bridgehead atoms. The van der Waals surface area contributed by atoms with Gasteiger partial charge in [0.25, 0.3) is 0 Å². The van der Waals surface area contributed by atoms with Crippen LogP contribution in [-0.2, 0) is 11.2 Å². The van der Waals surface area contributed by atoms with Crippen molar-refractivity contribution in [2.75, 3.05) is 6.54 Å². The SMILES string of the molecule is CCCNC(=O)CCc1nc(-c2cccc(F)c2)no1. The maximum absolute atomic E-state index is 13.1. The predicted molar refractivity (Wildman–Crippen MR) is 71.3 cm³/mol. The van der Waals surface area contributed by atoms with Gasteiger partial charge in [0, 0.05) is 24.9 Å². The van der Waals surface area contributed by atoms with Crippen molar-refractivity contribution in [1.82, 2.24) is 15.5 Å². The van der Waals surface area contributed by atoms with Gasteiger partial charge < -0.3 is 9.84 Å². The fourth-order valence-electron chi connectivity index (χ4n) is 1.67. The molecule has 2 aromatic rings. The van der Waals surface area contributed by atoms with Crippen molar-refractivity contribution < 1.29 is 13.7 Å². The number of rotatable bonds is 6. The zero-order chi connectivity index (χ0) is 14.4. The standard InChI is InChI=1S/C14H16FN3O2/c1-2-8-16-12(19)6-7-13-17-14(18-20-13)10-4-3-5-11(15)9-10/h3-5,9H,2,6-8H2,1H3,(H,16,19). The molecule has 0 fully saturated rings. The maximum Gasteiger partial charge on any atom is 0.227 e. The van der Waals surface area contributed by atoms with Crippen molar-refractivity contribution in [2.24, 2.45) is 0 Å². The second kappa shape index (κ2) is 6.79. The summed E-state index contributed by atoms with van der Waals surface area (Å²) in [6, 6.07) is 5.97. The molecule has 0 aliphatic carbocycles. The van der Waals surface area contributed by atoms with Gasteiger partial charge >= 0.3 is 0 Å². The van der Waals surface area contributed by atoms with Gasteiger partial charge in [-0.2, -0.15) is 4.98 Å². The zero-order valence-corrected chi connectivity index (χ0v) is 11.2. The molecule has 106 valence electrons. The molecule has 2 rings (SSSR count). The number of hydrogen-bond acceptors (Lipinski definition) is 4. The van der Waals surface area contributed by atoms with Crippen molar-refractivity contribution in [1.29, 1.82) is 0 Å². The molecule has 0 radical (unpaired) electrons. The lowest BCUT2D eigenvalue weighted by molar-refractivity contribution is -0.121. The molecule has 20 heavy (non-hydrogen) atoms. The van der Waals surface area contributed by atoms with E-state index in [9.17, 15) is 9.18 Å². The smallest absolute Gasteiger partial charge is 0.227 e. The van der Waals surface area contributed by atoms with E-state index in [4.69, 9.17) is 4.52 Å². The van der Waals surface area contributed by atoms with E-state index in [0.29, 0.717) is 36.7 Å². The van der Waals surface area contributed by atoms with Crippen LogP contribution in [0.2, 0.25) is 0 Å². The van der Waals surface area contributed by atoms with Crippen molar-refractivity contribution in [2.45, 2.75) is 26.2 Å². The summed E-state index contributed by atoms with van der Waals surface area (Å²) in [5, 5.41) is 6.55. The third-order valence-corrected chi connectivity index (χ3v) is 2.69. The molecule has 1 aromatic heterocycles. The Hall–Kier alpha value is -2.24. The topological polar surface area (TPSA) is 68.0 Å². The van der Waals surface area contributed by atoms with Crippen LogP contribution in [0, 0.1) is 5.82 Å². The monoisotopic (exact) mass is 277 g/mol. The van der Waals surface area contributed by atoms with E-state index in [1.165, 1.54) is 12.1 Å². The minimum atomic E-state index is -0.354. The first-order chi connectivity index (χ1) is 9.69. The Balaban J connectivity index is 1.94. The summed E-state index contributed by atoms with van der Waals surface area (Å²) < 4.78 is 18.1. The van der Waals surface area contributed by atoms with Crippen LogP contribution in [0.15, 0.2) is 28.8 Å². The summed E-state index contributed by atoms with van der Waals surface area (Å²) in [4.78, 5) is 15.6. The summed E-state index contributed by atoms with van der Waals surface area (Å²) in [5.74, 6) is 0.300. The average molecular weight is 277 g/mol. The Morgan fingerprint density at radius 2 is 2.30 bits per heavy atom. The van der Waals surface area contributed by atoms with Crippen LogP contribution in [0.5, 0.6) is 0 Å². The molecule has 0 aliphatic heterocycles. The summed E-state index contributed by atoms with van der Waals surface area (Å²) >= 11 is 0. The highest BCUT2D eigenvalue weighted by atomic mass is 19.1. The second-order valence-electron chi connectivity index (χ2n) is 4.37. The molecular weight excluding hydrogens is 261 g/mol. The molecule has 0 saturated carbocycles. The van der Waals surface area contributed by atoms with E-state index in [0.717, 1.165) is 6.42 Å². The molecule has 5 nitrogen and oxygen atoms in total. The van der Waals surface area contributed by atoms with Gasteiger partial charge in [-0.25, -0.2) is 4.39 Å². The van der Waals surface area contributed by atoms with Crippen LogP contribution in [0.4, 0.5) is 4.39 Å². The number of halogens is 1. The van der Waals surface area contributed by atoms with E-state index in [-0.39, 0.29) is 11.7 Å². The second-order valence-corrected chi connectivity index (χ2v) is 4.37. The summed E-state index contributed by atoms with van der Waals surface area (Å²) in [6.45, 7) is 2.65. The first-order valence-electron chi connectivity index (χ1n) is 6.54. The molecule has 1 heterocycles. The quantitative estimate of drug-likeness (QED) is 0.880. The molecule has 1 amide bonds. The van der Waals surface area contributed by atoms with Gasteiger partial charge in [0.2, 0.25) is 17.6 Å². The fourth-order valence-corrected chi connectivity index (χ4v) is 1.67. The van der Waals surface area contributed by atoms with Gasteiger partial charge in [-0.15, -0.1) is 0 Å². The number of nitrogens with one attached hydrogen (secondary N) is 1. The van der Waals surface area contributed by atoms with Gasteiger partial charge in [0.15, 0.2) is 0 Å². The molecule has 0 saturated heterocycles. The number of aryl methyl sites for hydroxylation is 1. The van der Waals surface area contributed by atoms with Crippen LogP contribution >= 0.6 is 0 Å². The predicted octanol–water partition coefficient (Wildman–Crippen LogP) is 2.33. The Morgan fingerprint density at radius 1 is 1.45 bits per heavy atom. The Kier molecular flexibility index (Phi) is 4.81. The third kappa shape index (κ3) is 3.88. The lowest BCUT2D eigenvalue weighted by atomic mass is 10.2. The maximum atomic E-state index is 13.1. The Labute approximate surface area is 116 Å². The lowest BCUT2D eigenvalue weighted by Crippen LogP contribution is -2.24. The van der Waals surface area contributed by atoms with Gasteiger partial charge in [0.05, 0.1) is 0 Å². The molecule has 1 aromatic carbocycles. The number of nitrogens with zero attached hydrogens (tertiary/aromatic N) is 2. The molecule has 0 atom stereocenters. The average Bonchev–Trinajstić information content (AvgIpc) is 2.92. The molecular formula is C14H16FN3O2. The number of carbonyl (C=O) groups is 1. The molecule has 6 heteroatoms. The van der Waals surface area contributed by atoms with Gasteiger partial charge in [-0.1, -0.05) is 24.2 Å². The highest BCUT2D eigenvalue weighted by Crippen LogP contribution is 2.17. The first-order valence-corrected chi connectivity index (χ1v) is 6.54. The number of amides is 1. The first kappa shape index (κ1) is 14.2. The van der Waals surface area contributed by atoms with Crippen LogP contribution in [-0.4, -0.2) is 22.6 Å². The summed E-state index contributed by atoms with van der Waals surface area (Å²) in [7, 11) is 0. The summed E-state index contributed by atoms with van der Waals surface area (Å²) in [5.41, 5.74) is 0.551. The van der Waals surface area contributed by atoms with Crippen molar-refractivity contribution in [3.63, 3.8) is 0 Å². The van der Waals surface area contributed by atoms with Crippen LogP contribution < -0.4 is 5.32 Å². The van der Waals surface area contributed by atoms with Gasteiger partial charge in [-0.3, -0.25) is 4.79 Å². The van der Waals surface area contributed by atoms with E-state index >= 15 is 0 Å². The fraction of sp³-hybridized carbons (Fsp3) is 0.357. The van der Waals surface area contributed by atoms with Crippen LogP contribution in [0.3, 0.4) is 0 Å². The zero-order valence-electron chi connectivity index (χ0n) is 11.2. The number of carbonyl (C=O) groups excluding carboxylic acids is 1. The highest BCUT2D eigenvalue weighted by molar-refractivity contribution is 5.75. The Morgan fingerprint density at radius 3 is 3.05 bits per heavy atom. The van der Waals surface area contributed by atoms with Crippen molar-refractivity contribution in [3.8, 4) is 11.4 Å². The van der Waals surface area contributed by atoms with E-state index in [2.05, 4.69) is 15.5 Å². The van der Waals surface area contributed by atoms with E-state index in [1.807, 2.05) is 6.92 Å². The molecule has 0 aliphatic rings. The normalized spacial score (nSPS) is 10.5. The van der Waals surface area contributed by atoms with Crippen LogP contribution in [0.1, 0.15) is 25.7 Å². The third-order valence-electron chi connectivity index (χ3n) is 2.69. The minimum absolute atomic E-state index is 0.0441. The minimum Gasteiger partial charge on any atom is -0.356 e. The summed E-state index contributed by atoms with van der Waals surface area (Å²) in [6.07, 6.45) is 1.57. The molecule has 0 unspecified atom stereocenters. The van der Waals surface area contributed by atoms with Crippen molar-refractivity contribution in [3.05, 3.63) is 36.0 Å². The number of aromatic nitrogens is 2. The number of benzene rings is 1. The van der Waals surface area contributed by atoms with E-state index < -0.39 is 0 Å². The van der Waals surface area contributed by atoms with Gasteiger partial charge in [-0.05, 0) is 18.6 Å². The molecule has 1 N–H and O–H groups in total. The van der Waals surface area contributed by atoms with Crippen LogP contribution in [0.25, 0.3) is 11.4 Å². The Bertz CT molecular complexity index is 583.